The summed E-state index contributed by atoms with van der Waals surface area (Å²) in [7, 11) is 0. The second kappa shape index (κ2) is 9.08. The van der Waals surface area contributed by atoms with E-state index in [0.29, 0.717) is 28.3 Å². The molecule has 0 aromatic heterocycles. The number of amides is 2. The van der Waals surface area contributed by atoms with E-state index in [-0.39, 0.29) is 12.6 Å². The summed E-state index contributed by atoms with van der Waals surface area (Å²) in [5.41, 5.74) is 1.28. The molecule has 0 saturated carbocycles. The lowest BCUT2D eigenvalue weighted by molar-refractivity contribution is -0.152. The third-order valence-electron chi connectivity index (χ3n) is 4.26. The normalized spacial score (nSPS) is 12.6. The minimum Gasteiger partial charge on any atom is -0.454 e. The third-order valence-corrected chi connectivity index (χ3v) is 4.26. The minimum absolute atomic E-state index is 0.0852. The molecule has 30 heavy (non-hydrogen) atoms. The molecule has 2 aromatic carbocycles. The summed E-state index contributed by atoms with van der Waals surface area (Å²) >= 11 is 0. The molecular weight excluding hydrogens is 392 g/mol. The van der Waals surface area contributed by atoms with Crippen LogP contribution in [0.15, 0.2) is 42.5 Å². The van der Waals surface area contributed by atoms with Gasteiger partial charge in [-0.15, -0.1) is 0 Å². The molecule has 1 heterocycles. The highest BCUT2D eigenvalue weighted by atomic mass is 16.7. The lowest BCUT2D eigenvalue weighted by Gasteiger charge is -2.14. The van der Waals surface area contributed by atoms with Crippen LogP contribution in [-0.4, -0.2) is 43.0 Å². The largest absolute Gasteiger partial charge is 0.454 e. The van der Waals surface area contributed by atoms with E-state index in [4.69, 9.17) is 14.2 Å². The van der Waals surface area contributed by atoms with Gasteiger partial charge in [-0.05, 0) is 56.3 Å². The van der Waals surface area contributed by atoms with Gasteiger partial charge in [0.25, 0.3) is 11.8 Å². The van der Waals surface area contributed by atoms with Crippen molar-refractivity contribution in [2.45, 2.75) is 20.0 Å². The van der Waals surface area contributed by atoms with Crippen LogP contribution in [0.25, 0.3) is 0 Å². The van der Waals surface area contributed by atoms with Gasteiger partial charge in [-0.3, -0.25) is 19.2 Å². The first-order chi connectivity index (χ1) is 14.3. The van der Waals surface area contributed by atoms with Gasteiger partial charge in [0.1, 0.15) is 6.54 Å². The molecule has 2 amide bonds. The molecule has 0 spiro atoms. The van der Waals surface area contributed by atoms with Crippen molar-refractivity contribution in [3.05, 3.63) is 53.6 Å². The number of rotatable bonds is 7. The van der Waals surface area contributed by atoms with Crippen molar-refractivity contribution >= 4 is 29.3 Å². The molecule has 9 heteroatoms. The average Bonchev–Trinajstić information content (AvgIpc) is 3.20. The summed E-state index contributed by atoms with van der Waals surface area (Å²) in [5.74, 6) is -0.890. The van der Waals surface area contributed by atoms with Gasteiger partial charge in [0.05, 0.1) is 0 Å². The number of anilines is 1. The van der Waals surface area contributed by atoms with Gasteiger partial charge in [0.15, 0.2) is 23.4 Å². The van der Waals surface area contributed by atoms with Crippen molar-refractivity contribution in [3.63, 3.8) is 0 Å². The summed E-state index contributed by atoms with van der Waals surface area (Å²) < 4.78 is 15.4. The van der Waals surface area contributed by atoms with Crippen LogP contribution in [-0.2, 0) is 14.3 Å². The number of carbonyl (C=O) groups is 4. The molecule has 0 bridgehead atoms. The Labute approximate surface area is 172 Å². The van der Waals surface area contributed by atoms with Gasteiger partial charge in [-0.25, -0.2) is 0 Å². The minimum atomic E-state index is -1.08. The zero-order chi connectivity index (χ0) is 21.7. The van der Waals surface area contributed by atoms with Crippen LogP contribution in [0.4, 0.5) is 5.69 Å². The first kappa shape index (κ1) is 20.8. The van der Waals surface area contributed by atoms with Crippen molar-refractivity contribution in [1.82, 2.24) is 5.32 Å². The lowest BCUT2D eigenvalue weighted by Crippen LogP contribution is -2.35. The fraction of sp³-hybridized carbons (Fsp3) is 0.238. The van der Waals surface area contributed by atoms with E-state index < -0.39 is 30.4 Å². The molecule has 2 aromatic rings. The summed E-state index contributed by atoms with van der Waals surface area (Å²) in [5, 5.41) is 5.01. The van der Waals surface area contributed by atoms with E-state index in [0.717, 1.165) is 0 Å². The zero-order valence-electron chi connectivity index (χ0n) is 16.4. The Hall–Kier alpha value is -3.88. The quantitative estimate of drug-likeness (QED) is 0.527. The van der Waals surface area contributed by atoms with Crippen molar-refractivity contribution < 1.29 is 33.4 Å². The first-order valence-electron chi connectivity index (χ1n) is 9.12. The molecule has 1 atom stereocenters. The van der Waals surface area contributed by atoms with Crippen LogP contribution in [0.2, 0.25) is 0 Å². The highest BCUT2D eigenvalue weighted by Crippen LogP contribution is 2.32. The highest BCUT2D eigenvalue weighted by molar-refractivity contribution is 5.98. The molecule has 9 nitrogen and oxygen atoms in total. The van der Waals surface area contributed by atoms with E-state index in [1.807, 2.05) is 0 Å². The predicted octanol–water partition coefficient (Wildman–Crippen LogP) is 1.92. The number of hydrogen-bond donors (Lipinski definition) is 2. The number of fused-ring (bicyclic) bond motifs is 1. The number of hydrogen-bond acceptors (Lipinski definition) is 7. The van der Waals surface area contributed by atoms with Gasteiger partial charge in [-0.1, -0.05) is 0 Å². The van der Waals surface area contributed by atoms with Crippen molar-refractivity contribution in [3.8, 4) is 11.5 Å². The van der Waals surface area contributed by atoms with Crippen molar-refractivity contribution in [2.75, 3.05) is 18.7 Å². The second-order valence-electron chi connectivity index (χ2n) is 6.51. The summed E-state index contributed by atoms with van der Waals surface area (Å²) in [6.45, 7) is 2.54. The number of ketones is 1. The van der Waals surface area contributed by atoms with E-state index in [2.05, 4.69) is 10.6 Å². The molecule has 0 aliphatic carbocycles. The highest BCUT2D eigenvalue weighted by Gasteiger charge is 2.20. The van der Waals surface area contributed by atoms with Crippen LogP contribution in [0, 0.1) is 0 Å². The van der Waals surface area contributed by atoms with Crippen LogP contribution < -0.4 is 20.1 Å². The molecular formula is C21H20N2O7. The number of ether oxygens (including phenoxy) is 3. The van der Waals surface area contributed by atoms with E-state index in [1.54, 1.807) is 36.4 Å². The Kier molecular flexibility index (Phi) is 6.31. The summed E-state index contributed by atoms with van der Waals surface area (Å²) in [6.07, 6.45) is -1.08. The first-order valence-corrected chi connectivity index (χ1v) is 9.12. The van der Waals surface area contributed by atoms with E-state index in [9.17, 15) is 19.2 Å². The molecule has 1 aliphatic rings. The monoisotopic (exact) mass is 412 g/mol. The number of carbonyl (C=O) groups excluding carboxylic acids is 4. The molecule has 1 unspecified atom stereocenters. The van der Waals surface area contributed by atoms with Crippen molar-refractivity contribution in [2.24, 2.45) is 0 Å². The maximum atomic E-state index is 12.2. The summed E-state index contributed by atoms with van der Waals surface area (Å²) in [6, 6.07) is 11.0. The van der Waals surface area contributed by atoms with Gasteiger partial charge >= 0.3 is 5.97 Å². The Morgan fingerprint density at radius 1 is 1.00 bits per heavy atom. The number of benzene rings is 2. The number of esters is 1. The van der Waals surface area contributed by atoms with Gasteiger partial charge in [-0.2, -0.15) is 0 Å². The van der Waals surface area contributed by atoms with E-state index >= 15 is 0 Å². The van der Waals surface area contributed by atoms with Gasteiger partial charge in [0, 0.05) is 16.8 Å². The molecule has 156 valence electrons. The van der Waals surface area contributed by atoms with Crippen LogP contribution >= 0.6 is 0 Å². The number of Topliss-reactive ketones (excluding diaryl/α,β-unsaturated/α-hetero) is 1. The fourth-order valence-corrected chi connectivity index (χ4v) is 2.62. The Bertz CT molecular complexity index is 985. The molecule has 0 radical (unpaired) electrons. The Morgan fingerprint density at radius 3 is 2.37 bits per heavy atom. The van der Waals surface area contributed by atoms with Gasteiger partial charge < -0.3 is 24.8 Å². The smallest absolute Gasteiger partial charge is 0.326 e. The number of nitrogens with one attached hydrogen (secondary N) is 2. The topological polar surface area (TPSA) is 120 Å². The lowest BCUT2D eigenvalue weighted by atomic mass is 10.1. The Balaban J connectivity index is 1.46. The van der Waals surface area contributed by atoms with E-state index in [1.165, 1.54) is 19.9 Å². The standard InChI is InChI=1S/C21H20N2O7/c1-12(24)14-3-6-16(7-4-14)23-20(26)13(2)30-19(25)10-22-21(27)15-5-8-17-18(9-15)29-11-28-17/h3-9,13H,10-11H2,1-2H3,(H,22,27)(H,23,26). The summed E-state index contributed by atoms with van der Waals surface area (Å²) in [4.78, 5) is 47.6. The van der Waals surface area contributed by atoms with Crippen molar-refractivity contribution in [1.29, 1.82) is 0 Å². The molecule has 3 rings (SSSR count). The van der Waals surface area contributed by atoms with Crippen LogP contribution in [0.3, 0.4) is 0 Å². The maximum absolute atomic E-state index is 12.2. The maximum Gasteiger partial charge on any atom is 0.326 e. The SMILES string of the molecule is CC(=O)c1ccc(NC(=O)C(C)OC(=O)CNC(=O)c2ccc3c(c2)OCO3)cc1. The molecule has 1 aliphatic heterocycles. The van der Waals surface area contributed by atoms with Gasteiger partial charge in [0.2, 0.25) is 6.79 Å². The Morgan fingerprint density at radius 2 is 1.67 bits per heavy atom. The molecule has 0 fully saturated rings. The zero-order valence-corrected chi connectivity index (χ0v) is 16.4. The predicted molar refractivity (Wildman–Crippen MR) is 106 cm³/mol. The van der Waals surface area contributed by atoms with Crippen LogP contribution in [0.1, 0.15) is 34.6 Å². The van der Waals surface area contributed by atoms with Crippen LogP contribution in [0.5, 0.6) is 11.5 Å². The molecule has 0 saturated heterocycles. The third kappa shape index (κ3) is 5.13. The molecule has 2 N–H and O–H groups in total. The fourth-order valence-electron chi connectivity index (χ4n) is 2.62. The average molecular weight is 412 g/mol. The second-order valence-corrected chi connectivity index (χ2v) is 6.51.